The predicted octanol–water partition coefficient (Wildman–Crippen LogP) is 2.05. The smallest absolute Gasteiger partial charge is 0.325 e. The van der Waals surface area contributed by atoms with Crippen molar-refractivity contribution in [2.45, 2.75) is 0 Å². The molecule has 0 bridgehead atoms. The van der Waals surface area contributed by atoms with Crippen molar-refractivity contribution in [3.05, 3.63) is 27.4 Å². The minimum absolute atomic E-state index is 0.0646. The maximum Gasteiger partial charge on any atom is 0.325 e. The first kappa shape index (κ1) is 13.7. The van der Waals surface area contributed by atoms with E-state index in [4.69, 9.17) is 11.6 Å². The quantitative estimate of drug-likeness (QED) is 0.623. The molecule has 0 N–H and O–H groups in total. The van der Waals surface area contributed by atoms with Crippen molar-refractivity contribution in [3.63, 3.8) is 0 Å². The minimum atomic E-state index is -0.451. The number of hydrogen-bond acceptors (Lipinski definition) is 4. The van der Waals surface area contributed by atoms with Crippen LogP contribution in [0.2, 0.25) is 4.34 Å². The first-order valence-corrected chi connectivity index (χ1v) is 5.97. The topological polar surface area (TPSA) is 46.6 Å². The number of esters is 1. The molecule has 0 atom stereocenters. The number of carbonyl (C=O) groups is 2. The van der Waals surface area contributed by atoms with Crippen LogP contribution >= 0.6 is 22.9 Å². The summed E-state index contributed by atoms with van der Waals surface area (Å²) in [4.78, 5) is 24.7. The first-order chi connectivity index (χ1) is 8.02. The molecular weight excluding hydrogens is 262 g/mol. The largest absolute Gasteiger partial charge is 0.468 e. The van der Waals surface area contributed by atoms with E-state index in [0.717, 1.165) is 4.88 Å². The van der Waals surface area contributed by atoms with Crippen LogP contribution in [0.3, 0.4) is 0 Å². The van der Waals surface area contributed by atoms with Crippen LogP contribution in [0.25, 0.3) is 6.08 Å². The van der Waals surface area contributed by atoms with Gasteiger partial charge in [0.15, 0.2) is 0 Å². The molecule has 0 fully saturated rings. The highest BCUT2D eigenvalue weighted by Crippen LogP contribution is 2.22. The van der Waals surface area contributed by atoms with E-state index in [2.05, 4.69) is 4.74 Å². The van der Waals surface area contributed by atoms with Gasteiger partial charge in [0.25, 0.3) is 0 Å². The summed E-state index contributed by atoms with van der Waals surface area (Å²) in [7, 11) is 2.81. The van der Waals surface area contributed by atoms with Crippen LogP contribution in [0.15, 0.2) is 18.2 Å². The summed E-state index contributed by atoms with van der Waals surface area (Å²) < 4.78 is 5.13. The molecule has 1 aromatic rings. The maximum absolute atomic E-state index is 11.6. The molecule has 0 saturated heterocycles. The molecule has 1 rings (SSSR count). The molecule has 92 valence electrons. The zero-order valence-corrected chi connectivity index (χ0v) is 11.0. The number of halogens is 1. The summed E-state index contributed by atoms with van der Waals surface area (Å²) in [5, 5.41) is 0. The molecule has 0 aliphatic carbocycles. The van der Waals surface area contributed by atoms with Crippen LogP contribution in [-0.2, 0) is 14.3 Å². The van der Waals surface area contributed by atoms with E-state index in [1.165, 1.54) is 36.5 Å². The minimum Gasteiger partial charge on any atom is -0.468 e. The number of methoxy groups -OCH3 is 1. The van der Waals surface area contributed by atoms with Gasteiger partial charge in [-0.1, -0.05) is 11.6 Å². The van der Waals surface area contributed by atoms with Gasteiger partial charge in [-0.2, -0.15) is 0 Å². The van der Waals surface area contributed by atoms with Gasteiger partial charge in [0.2, 0.25) is 5.91 Å². The van der Waals surface area contributed by atoms with Gasteiger partial charge in [-0.05, 0) is 18.2 Å². The Bertz CT molecular complexity index is 442. The average Bonchev–Trinajstić information content (AvgIpc) is 2.71. The lowest BCUT2D eigenvalue weighted by atomic mass is 10.4. The SMILES string of the molecule is COC(=O)CN(C)C(=O)/C=C/c1ccc(Cl)s1. The van der Waals surface area contributed by atoms with Crippen LogP contribution in [0.1, 0.15) is 4.88 Å². The molecule has 1 heterocycles. The van der Waals surface area contributed by atoms with Crippen LogP contribution in [-0.4, -0.2) is 37.5 Å². The molecule has 0 aliphatic rings. The van der Waals surface area contributed by atoms with Crippen molar-refractivity contribution in [2.75, 3.05) is 20.7 Å². The molecule has 1 amide bonds. The number of likely N-dealkylation sites (N-methyl/N-ethyl adjacent to an activating group) is 1. The molecule has 0 spiro atoms. The zero-order valence-electron chi connectivity index (χ0n) is 9.47. The van der Waals surface area contributed by atoms with Crippen molar-refractivity contribution in [2.24, 2.45) is 0 Å². The molecule has 17 heavy (non-hydrogen) atoms. The standard InChI is InChI=1S/C11H12ClNO3S/c1-13(7-11(15)16-2)10(14)6-4-8-3-5-9(12)17-8/h3-6H,7H2,1-2H3/b6-4+. The second-order valence-corrected chi connectivity index (χ2v) is 4.99. The Labute approximate surface area is 108 Å². The van der Waals surface area contributed by atoms with E-state index < -0.39 is 5.97 Å². The summed E-state index contributed by atoms with van der Waals surface area (Å²) >= 11 is 7.13. The van der Waals surface area contributed by atoms with Crippen LogP contribution in [0.5, 0.6) is 0 Å². The Morgan fingerprint density at radius 3 is 2.76 bits per heavy atom. The number of rotatable bonds is 4. The van der Waals surface area contributed by atoms with E-state index in [1.807, 2.05) is 6.07 Å². The maximum atomic E-state index is 11.6. The average molecular weight is 274 g/mol. The van der Waals surface area contributed by atoms with E-state index in [0.29, 0.717) is 4.34 Å². The highest BCUT2D eigenvalue weighted by molar-refractivity contribution is 7.17. The molecule has 0 aliphatic heterocycles. The molecular formula is C11H12ClNO3S. The summed E-state index contributed by atoms with van der Waals surface area (Å²) in [6.45, 7) is -0.0646. The number of carbonyl (C=O) groups excluding carboxylic acids is 2. The summed E-state index contributed by atoms with van der Waals surface area (Å²) in [6.07, 6.45) is 3.05. The molecule has 0 unspecified atom stereocenters. The van der Waals surface area contributed by atoms with Gasteiger partial charge in [-0.15, -0.1) is 11.3 Å². The fraction of sp³-hybridized carbons (Fsp3) is 0.273. The molecule has 0 radical (unpaired) electrons. The van der Waals surface area contributed by atoms with Gasteiger partial charge in [0.05, 0.1) is 11.4 Å². The van der Waals surface area contributed by atoms with Gasteiger partial charge in [0.1, 0.15) is 6.54 Å². The Morgan fingerprint density at radius 1 is 1.53 bits per heavy atom. The van der Waals surface area contributed by atoms with Crippen LogP contribution < -0.4 is 0 Å². The first-order valence-electron chi connectivity index (χ1n) is 4.78. The van der Waals surface area contributed by atoms with E-state index in [1.54, 1.807) is 12.1 Å². The predicted molar refractivity (Wildman–Crippen MR) is 68.0 cm³/mol. The van der Waals surface area contributed by atoms with Crippen molar-refractivity contribution in [1.82, 2.24) is 4.90 Å². The lowest BCUT2D eigenvalue weighted by Crippen LogP contribution is -2.31. The summed E-state index contributed by atoms with van der Waals surface area (Å²) in [5.74, 6) is -0.714. The fourth-order valence-corrected chi connectivity index (χ4v) is 2.00. The van der Waals surface area contributed by atoms with Crippen molar-refractivity contribution in [3.8, 4) is 0 Å². The highest BCUT2D eigenvalue weighted by Gasteiger charge is 2.10. The highest BCUT2D eigenvalue weighted by atomic mass is 35.5. The second-order valence-electron chi connectivity index (χ2n) is 3.25. The van der Waals surface area contributed by atoms with Gasteiger partial charge < -0.3 is 9.64 Å². The molecule has 0 saturated carbocycles. The number of amides is 1. The molecule has 6 heteroatoms. The molecule has 4 nitrogen and oxygen atoms in total. The Hall–Kier alpha value is -1.33. The third-order valence-corrected chi connectivity index (χ3v) is 3.15. The number of hydrogen-bond donors (Lipinski definition) is 0. The van der Waals surface area contributed by atoms with E-state index >= 15 is 0 Å². The third kappa shape index (κ3) is 4.58. The van der Waals surface area contributed by atoms with E-state index in [-0.39, 0.29) is 12.5 Å². The fourth-order valence-electron chi connectivity index (χ4n) is 1.03. The Kier molecular flexibility index (Phi) is 5.18. The van der Waals surface area contributed by atoms with Crippen molar-refractivity contribution in [1.29, 1.82) is 0 Å². The summed E-state index contributed by atoms with van der Waals surface area (Å²) in [6, 6.07) is 3.58. The number of thiophene rings is 1. The van der Waals surface area contributed by atoms with Gasteiger partial charge >= 0.3 is 5.97 Å². The van der Waals surface area contributed by atoms with Crippen LogP contribution in [0.4, 0.5) is 0 Å². The Balaban J connectivity index is 2.54. The number of ether oxygens (including phenoxy) is 1. The zero-order chi connectivity index (χ0) is 12.8. The van der Waals surface area contributed by atoms with Gasteiger partial charge in [-0.25, -0.2) is 0 Å². The van der Waals surface area contributed by atoms with E-state index in [9.17, 15) is 9.59 Å². The Morgan fingerprint density at radius 2 is 2.24 bits per heavy atom. The lowest BCUT2D eigenvalue weighted by Gasteiger charge is -2.12. The van der Waals surface area contributed by atoms with Gasteiger partial charge in [0, 0.05) is 18.0 Å². The normalized spacial score (nSPS) is 10.5. The lowest BCUT2D eigenvalue weighted by molar-refractivity contribution is -0.144. The monoisotopic (exact) mass is 273 g/mol. The number of nitrogens with zero attached hydrogens (tertiary/aromatic N) is 1. The molecule has 1 aromatic heterocycles. The molecule has 0 aromatic carbocycles. The van der Waals surface area contributed by atoms with Crippen molar-refractivity contribution < 1.29 is 14.3 Å². The third-order valence-electron chi connectivity index (χ3n) is 1.95. The second kappa shape index (κ2) is 6.42. The summed E-state index contributed by atoms with van der Waals surface area (Å²) in [5.41, 5.74) is 0. The van der Waals surface area contributed by atoms with Crippen LogP contribution in [0, 0.1) is 0 Å². The van der Waals surface area contributed by atoms with Crippen molar-refractivity contribution >= 4 is 40.9 Å². The van der Waals surface area contributed by atoms with Gasteiger partial charge in [-0.3, -0.25) is 9.59 Å².